The Hall–Kier alpha value is -3.00. The molecule has 6 nitrogen and oxygen atoms in total. The quantitative estimate of drug-likeness (QED) is 0.697. The van der Waals surface area contributed by atoms with Crippen LogP contribution in [0.4, 0.5) is 4.39 Å². The molecular weight excluding hydrogens is 393 g/mol. The van der Waals surface area contributed by atoms with Crippen LogP contribution in [0.25, 0.3) is 10.2 Å². The van der Waals surface area contributed by atoms with E-state index in [1.807, 2.05) is 6.07 Å². The van der Waals surface area contributed by atoms with Crippen molar-refractivity contribution in [1.29, 1.82) is 0 Å². The molecule has 0 spiro atoms. The van der Waals surface area contributed by atoms with E-state index in [1.54, 1.807) is 35.2 Å². The van der Waals surface area contributed by atoms with E-state index in [4.69, 9.17) is 4.74 Å². The maximum atomic E-state index is 13.3. The molecule has 1 aromatic heterocycles. The Morgan fingerprint density at radius 1 is 1.17 bits per heavy atom. The van der Waals surface area contributed by atoms with Crippen LogP contribution >= 0.6 is 11.3 Å². The lowest BCUT2D eigenvalue weighted by atomic mass is 10.1. The third kappa shape index (κ3) is 4.71. The number of fused-ring (bicyclic) bond motifs is 1. The number of carbonyl (C=O) groups excluding carboxylic acids is 2. The number of nitrogens with zero attached hydrogens (tertiary/aromatic N) is 2. The summed E-state index contributed by atoms with van der Waals surface area (Å²) < 4.78 is 20.0. The van der Waals surface area contributed by atoms with E-state index in [2.05, 4.69) is 10.3 Å². The molecule has 0 saturated carbocycles. The molecule has 2 aromatic carbocycles. The number of hydrogen-bond acceptors (Lipinski definition) is 5. The first-order valence-electron chi connectivity index (χ1n) is 9.42. The van der Waals surface area contributed by atoms with Gasteiger partial charge in [-0.1, -0.05) is 29.5 Å². The molecule has 29 heavy (non-hydrogen) atoms. The Balaban J connectivity index is 1.25. The van der Waals surface area contributed by atoms with Crippen LogP contribution in [0.2, 0.25) is 0 Å². The van der Waals surface area contributed by atoms with Gasteiger partial charge in [0.05, 0.1) is 16.8 Å². The van der Waals surface area contributed by atoms with Gasteiger partial charge in [0.15, 0.2) is 0 Å². The van der Waals surface area contributed by atoms with Crippen LogP contribution in [0.1, 0.15) is 23.2 Å². The van der Waals surface area contributed by atoms with E-state index in [0.717, 1.165) is 4.70 Å². The molecule has 1 fully saturated rings. The lowest BCUT2D eigenvalue weighted by molar-refractivity contribution is -0.131. The molecule has 0 atom stereocenters. The Bertz CT molecular complexity index is 1020. The molecule has 2 amide bonds. The monoisotopic (exact) mass is 413 g/mol. The highest BCUT2D eigenvalue weighted by atomic mass is 32.1. The van der Waals surface area contributed by atoms with Crippen LogP contribution < -0.4 is 10.1 Å². The summed E-state index contributed by atoms with van der Waals surface area (Å²) in [5.41, 5.74) is 1.25. The third-order valence-electron chi connectivity index (χ3n) is 4.83. The van der Waals surface area contributed by atoms with Gasteiger partial charge in [-0.3, -0.25) is 9.59 Å². The van der Waals surface area contributed by atoms with Gasteiger partial charge in [-0.25, -0.2) is 9.37 Å². The summed E-state index contributed by atoms with van der Waals surface area (Å²) >= 11 is 1.32. The number of hydrogen-bond donors (Lipinski definition) is 1. The summed E-state index contributed by atoms with van der Waals surface area (Å²) in [6, 6.07) is 13.3. The SMILES string of the molecule is O=C(NCC(=O)N1CCC(Oc2nc3ccc(F)cc3s2)CC1)c1ccccc1. The number of amides is 2. The minimum Gasteiger partial charge on any atom is -0.467 e. The maximum absolute atomic E-state index is 13.3. The van der Waals surface area contributed by atoms with Crippen molar-refractivity contribution in [3.63, 3.8) is 0 Å². The first-order chi connectivity index (χ1) is 14.1. The number of ether oxygens (including phenoxy) is 1. The Kier molecular flexibility index (Phi) is 5.71. The number of thiazole rings is 1. The van der Waals surface area contributed by atoms with Crippen LogP contribution in [-0.4, -0.2) is 47.4 Å². The van der Waals surface area contributed by atoms with Gasteiger partial charge in [-0.05, 0) is 30.3 Å². The smallest absolute Gasteiger partial charge is 0.274 e. The van der Waals surface area contributed by atoms with Crippen molar-refractivity contribution in [2.24, 2.45) is 0 Å². The highest BCUT2D eigenvalue weighted by molar-refractivity contribution is 7.20. The predicted octanol–water partition coefficient (Wildman–Crippen LogP) is 3.24. The van der Waals surface area contributed by atoms with E-state index < -0.39 is 0 Å². The number of aromatic nitrogens is 1. The lowest BCUT2D eigenvalue weighted by Gasteiger charge is -2.31. The van der Waals surface area contributed by atoms with Crippen molar-refractivity contribution in [3.8, 4) is 5.19 Å². The Morgan fingerprint density at radius 2 is 1.93 bits per heavy atom. The molecule has 8 heteroatoms. The molecule has 0 bridgehead atoms. The highest BCUT2D eigenvalue weighted by Gasteiger charge is 2.25. The fourth-order valence-corrected chi connectivity index (χ4v) is 4.16. The summed E-state index contributed by atoms with van der Waals surface area (Å²) in [6.45, 7) is 1.09. The van der Waals surface area contributed by atoms with Crippen molar-refractivity contribution in [3.05, 3.63) is 59.9 Å². The fourth-order valence-electron chi connectivity index (χ4n) is 3.25. The fraction of sp³-hybridized carbons (Fsp3) is 0.286. The zero-order valence-corrected chi connectivity index (χ0v) is 16.5. The molecule has 1 saturated heterocycles. The van der Waals surface area contributed by atoms with Gasteiger partial charge < -0.3 is 15.0 Å². The van der Waals surface area contributed by atoms with Gasteiger partial charge in [-0.15, -0.1) is 0 Å². The number of piperidine rings is 1. The number of halogens is 1. The average molecular weight is 413 g/mol. The summed E-state index contributed by atoms with van der Waals surface area (Å²) in [4.78, 5) is 30.5. The molecule has 2 heterocycles. The molecule has 3 aromatic rings. The minimum atomic E-state index is -0.293. The summed E-state index contributed by atoms with van der Waals surface area (Å²) in [5.74, 6) is -0.661. The van der Waals surface area contributed by atoms with Gasteiger partial charge in [-0.2, -0.15) is 0 Å². The maximum Gasteiger partial charge on any atom is 0.274 e. The molecule has 1 aliphatic rings. The standard InChI is InChI=1S/C21H20FN3O3S/c22-15-6-7-17-18(12-15)29-21(24-17)28-16-8-10-25(11-9-16)19(26)13-23-20(27)14-4-2-1-3-5-14/h1-7,12,16H,8-11,13H2,(H,23,27). The number of likely N-dealkylation sites (tertiary alicyclic amines) is 1. The number of nitrogens with one attached hydrogen (secondary N) is 1. The zero-order chi connectivity index (χ0) is 20.2. The third-order valence-corrected chi connectivity index (χ3v) is 5.74. The van der Waals surface area contributed by atoms with Crippen molar-refractivity contribution in [2.45, 2.75) is 18.9 Å². The normalized spacial score (nSPS) is 14.7. The lowest BCUT2D eigenvalue weighted by Crippen LogP contribution is -2.46. The molecule has 0 unspecified atom stereocenters. The highest BCUT2D eigenvalue weighted by Crippen LogP contribution is 2.30. The topological polar surface area (TPSA) is 71.5 Å². The second-order valence-corrected chi connectivity index (χ2v) is 7.83. The largest absolute Gasteiger partial charge is 0.467 e. The van der Waals surface area contributed by atoms with Gasteiger partial charge in [0.25, 0.3) is 11.1 Å². The zero-order valence-electron chi connectivity index (χ0n) is 15.6. The molecule has 150 valence electrons. The number of benzene rings is 2. The second kappa shape index (κ2) is 8.57. The van der Waals surface area contributed by atoms with Gasteiger partial charge in [0.1, 0.15) is 11.9 Å². The van der Waals surface area contributed by atoms with Crippen LogP contribution in [0.3, 0.4) is 0 Å². The van der Waals surface area contributed by atoms with E-state index in [0.29, 0.717) is 42.2 Å². The first kappa shape index (κ1) is 19.3. The summed E-state index contributed by atoms with van der Waals surface area (Å²) in [6.07, 6.45) is 1.33. The molecule has 0 radical (unpaired) electrons. The Morgan fingerprint density at radius 3 is 2.69 bits per heavy atom. The van der Waals surface area contributed by atoms with Gasteiger partial charge in [0, 0.05) is 31.5 Å². The predicted molar refractivity (Wildman–Crippen MR) is 109 cm³/mol. The summed E-state index contributed by atoms with van der Waals surface area (Å²) in [7, 11) is 0. The molecule has 4 rings (SSSR count). The van der Waals surface area contributed by atoms with Crippen molar-refractivity contribution < 1.29 is 18.7 Å². The van der Waals surface area contributed by atoms with E-state index in [-0.39, 0.29) is 30.3 Å². The van der Waals surface area contributed by atoms with E-state index in [1.165, 1.54) is 23.5 Å². The molecule has 0 aliphatic carbocycles. The van der Waals surface area contributed by atoms with Crippen LogP contribution in [0, 0.1) is 5.82 Å². The summed E-state index contributed by atoms with van der Waals surface area (Å²) in [5, 5.41) is 3.19. The second-order valence-electron chi connectivity index (χ2n) is 6.84. The average Bonchev–Trinajstić information content (AvgIpc) is 3.14. The van der Waals surface area contributed by atoms with Crippen molar-refractivity contribution >= 4 is 33.4 Å². The molecular formula is C21H20FN3O3S. The van der Waals surface area contributed by atoms with Crippen LogP contribution in [-0.2, 0) is 4.79 Å². The minimum absolute atomic E-state index is 0.0251. The number of carbonyl (C=O) groups is 2. The van der Waals surface area contributed by atoms with Gasteiger partial charge in [0.2, 0.25) is 5.91 Å². The van der Waals surface area contributed by atoms with E-state index >= 15 is 0 Å². The number of rotatable bonds is 5. The van der Waals surface area contributed by atoms with Crippen molar-refractivity contribution in [1.82, 2.24) is 15.2 Å². The van der Waals surface area contributed by atoms with Crippen molar-refractivity contribution in [2.75, 3.05) is 19.6 Å². The van der Waals surface area contributed by atoms with Crippen LogP contribution in [0.15, 0.2) is 48.5 Å². The first-order valence-corrected chi connectivity index (χ1v) is 10.2. The molecule has 1 aliphatic heterocycles. The molecule has 1 N–H and O–H groups in total. The van der Waals surface area contributed by atoms with Crippen LogP contribution in [0.5, 0.6) is 5.19 Å². The van der Waals surface area contributed by atoms with Gasteiger partial charge >= 0.3 is 0 Å². The van der Waals surface area contributed by atoms with E-state index in [9.17, 15) is 14.0 Å². The Labute approximate surface area is 171 Å².